The van der Waals surface area contributed by atoms with Crippen LogP contribution in [0.4, 0.5) is 0 Å². The Labute approximate surface area is 98.4 Å². The molecule has 17 heavy (non-hydrogen) atoms. The summed E-state index contributed by atoms with van der Waals surface area (Å²) in [5.74, 6) is -2.17. The maximum Gasteiger partial charge on any atom is 0.259 e. The van der Waals surface area contributed by atoms with Crippen LogP contribution in [0.3, 0.4) is 0 Å². The van der Waals surface area contributed by atoms with E-state index < -0.39 is 23.6 Å². The molecule has 0 aromatic rings. The summed E-state index contributed by atoms with van der Waals surface area (Å²) in [5, 5.41) is 34.6. The molecule has 2 heterocycles. The molecule has 4 N–H and O–H groups in total. The van der Waals surface area contributed by atoms with Crippen molar-refractivity contribution in [2.24, 2.45) is 0 Å². The second-order valence-electron chi connectivity index (χ2n) is 4.22. The van der Waals surface area contributed by atoms with Gasteiger partial charge in [-0.3, -0.25) is 0 Å². The highest BCUT2D eigenvalue weighted by Crippen LogP contribution is 2.35. The van der Waals surface area contributed by atoms with Gasteiger partial charge in [-0.05, 0) is 12.8 Å². The summed E-state index contributed by atoms with van der Waals surface area (Å²) in [6.07, 6.45) is 6.04. The van der Waals surface area contributed by atoms with Crippen molar-refractivity contribution in [3.63, 3.8) is 0 Å². The maximum absolute atomic E-state index is 8.69. The van der Waals surface area contributed by atoms with Gasteiger partial charge < -0.3 is 29.9 Å². The molecular formula is C11H16O6. The van der Waals surface area contributed by atoms with Crippen molar-refractivity contribution in [3.8, 4) is 0 Å². The summed E-state index contributed by atoms with van der Waals surface area (Å²) in [5.41, 5.74) is 0. The highest BCUT2D eigenvalue weighted by atomic mass is 16.6. The van der Waals surface area contributed by atoms with Crippen LogP contribution in [-0.4, -0.2) is 38.9 Å². The van der Waals surface area contributed by atoms with Crippen LogP contribution in [-0.2, 0) is 9.47 Å². The number of aliphatic hydroxyl groups is 4. The molecule has 3 aliphatic rings. The molecule has 0 aromatic heterocycles. The summed E-state index contributed by atoms with van der Waals surface area (Å²) in [7, 11) is 0. The SMILES string of the molecule is C1CCC2OC2C1.OC1=COC(O)C(O)=C1O. The third-order valence-electron chi connectivity index (χ3n) is 2.94. The number of hydrogen-bond acceptors (Lipinski definition) is 6. The van der Waals surface area contributed by atoms with Gasteiger partial charge in [0.1, 0.15) is 6.26 Å². The number of aliphatic hydroxyl groups excluding tert-OH is 4. The standard InChI is InChI=1S/C6H10O.C5H6O5/c1-2-4-6-5(3-1)7-6;6-2-1-10-5(9)4(8)3(2)7/h5-6H,1-4H2;1,5-9H. The van der Waals surface area contributed by atoms with Crippen molar-refractivity contribution in [1.29, 1.82) is 0 Å². The molecule has 2 fully saturated rings. The summed E-state index contributed by atoms with van der Waals surface area (Å²) in [4.78, 5) is 0. The summed E-state index contributed by atoms with van der Waals surface area (Å²) >= 11 is 0. The van der Waals surface area contributed by atoms with Gasteiger partial charge in [0, 0.05) is 0 Å². The van der Waals surface area contributed by atoms with Crippen molar-refractivity contribution in [3.05, 3.63) is 23.5 Å². The second-order valence-corrected chi connectivity index (χ2v) is 4.22. The van der Waals surface area contributed by atoms with E-state index in [0.717, 1.165) is 6.26 Å². The highest BCUT2D eigenvalue weighted by molar-refractivity contribution is 5.22. The smallest absolute Gasteiger partial charge is 0.259 e. The molecule has 0 amide bonds. The Morgan fingerprint density at radius 3 is 2.12 bits per heavy atom. The Morgan fingerprint density at radius 2 is 1.65 bits per heavy atom. The quantitative estimate of drug-likeness (QED) is 0.480. The summed E-state index contributed by atoms with van der Waals surface area (Å²) < 4.78 is 9.53. The van der Waals surface area contributed by atoms with E-state index in [1.54, 1.807) is 0 Å². The lowest BCUT2D eigenvalue weighted by Crippen LogP contribution is -2.18. The molecule has 2 aliphatic heterocycles. The number of rotatable bonds is 0. The molecule has 3 atom stereocenters. The molecule has 0 aromatic carbocycles. The molecule has 1 aliphatic carbocycles. The average molecular weight is 244 g/mol. The Morgan fingerprint density at radius 1 is 1.06 bits per heavy atom. The van der Waals surface area contributed by atoms with E-state index in [2.05, 4.69) is 4.74 Å². The maximum atomic E-state index is 8.69. The number of ether oxygens (including phenoxy) is 2. The van der Waals surface area contributed by atoms with Crippen molar-refractivity contribution in [2.45, 2.75) is 44.2 Å². The van der Waals surface area contributed by atoms with Gasteiger partial charge in [-0.15, -0.1) is 0 Å². The predicted octanol–water partition coefficient (Wildman–Crippen LogP) is 1.39. The fraction of sp³-hybridized carbons (Fsp3) is 0.636. The van der Waals surface area contributed by atoms with Gasteiger partial charge in [0.2, 0.25) is 11.5 Å². The van der Waals surface area contributed by atoms with Crippen molar-refractivity contribution >= 4 is 0 Å². The summed E-state index contributed by atoms with van der Waals surface area (Å²) in [6, 6.07) is 0. The molecule has 1 saturated heterocycles. The Kier molecular flexibility index (Phi) is 3.44. The molecule has 6 heteroatoms. The van der Waals surface area contributed by atoms with E-state index in [-0.39, 0.29) is 0 Å². The minimum atomic E-state index is -1.59. The van der Waals surface area contributed by atoms with Gasteiger partial charge in [-0.1, -0.05) is 12.8 Å². The fourth-order valence-electron chi connectivity index (χ4n) is 1.88. The fourth-order valence-corrected chi connectivity index (χ4v) is 1.88. The Hall–Kier alpha value is -1.40. The van der Waals surface area contributed by atoms with Gasteiger partial charge in [-0.2, -0.15) is 0 Å². The Bertz CT molecular complexity index is 338. The van der Waals surface area contributed by atoms with Crippen LogP contribution in [0.2, 0.25) is 0 Å². The molecule has 1 saturated carbocycles. The predicted molar refractivity (Wildman–Crippen MR) is 57.2 cm³/mol. The molecule has 0 bridgehead atoms. The molecular weight excluding hydrogens is 228 g/mol. The van der Waals surface area contributed by atoms with Crippen LogP contribution in [0.15, 0.2) is 23.5 Å². The van der Waals surface area contributed by atoms with E-state index in [4.69, 9.17) is 25.2 Å². The van der Waals surface area contributed by atoms with Gasteiger partial charge in [0.25, 0.3) is 6.29 Å². The first kappa shape index (κ1) is 12.1. The Balaban J connectivity index is 0.000000134. The van der Waals surface area contributed by atoms with E-state index in [0.29, 0.717) is 12.2 Å². The van der Waals surface area contributed by atoms with Crippen LogP contribution in [0.1, 0.15) is 25.7 Å². The monoisotopic (exact) mass is 244 g/mol. The zero-order valence-electron chi connectivity index (χ0n) is 9.24. The van der Waals surface area contributed by atoms with Crippen LogP contribution in [0, 0.1) is 0 Å². The van der Waals surface area contributed by atoms with Crippen LogP contribution in [0.25, 0.3) is 0 Å². The lowest BCUT2D eigenvalue weighted by molar-refractivity contribution is -0.0623. The van der Waals surface area contributed by atoms with Gasteiger partial charge in [0.15, 0.2) is 5.76 Å². The third kappa shape index (κ3) is 2.83. The highest BCUT2D eigenvalue weighted by Gasteiger charge is 2.39. The lowest BCUT2D eigenvalue weighted by atomic mass is 10.0. The minimum absolute atomic E-state index is 0.609. The third-order valence-corrected chi connectivity index (χ3v) is 2.94. The second kappa shape index (κ2) is 4.85. The normalized spacial score (nSPS) is 34.9. The van der Waals surface area contributed by atoms with Crippen molar-refractivity contribution < 1.29 is 29.9 Å². The first-order valence-electron chi connectivity index (χ1n) is 5.60. The molecule has 3 unspecified atom stereocenters. The first-order valence-corrected chi connectivity index (χ1v) is 5.60. The molecule has 0 radical (unpaired) electrons. The minimum Gasteiger partial charge on any atom is -0.503 e. The average Bonchev–Trinajstić information content (AvgIpc) is 3.11. The van der Waals surface area contributed by atoms with E-state index in [9.17, 15) is 0 Å². The first-order chi connectivity index (χ1) is 8.09. The van der Waals surface area contributed by atoms with E-state index in [1.807, 2.05) is 0 Å². The van der Waals surface area contributed by atoms with Crippen LogP contribution >= 0.6 is 0 Å². The van der Waals surface area contributed by atoms with E-state index in [1.165, 1.54) is 25.7 Å². The molecule has 6 nitrogen and oxygen atoms in total. The number of epoxide rings is 1. The zero-order chi connectivity index (χ0) is 12.4. The van der Waals surface area contributed by atoms with Gasteiger partial charge in [0.05, 0.1) is 12.2 Å². The van der Waals surface area contributed by atoms with Crippen LogP contribution in [0.5, 0.6) is 0 Å². The topological polar surface area (TPSA) is 103 Å². The largest absolute Gasteiger partial charge is 0.503 e. The number of fused-ring (bicyclic) bond motifs is 1. The lowest BCUT2D eigenvalue weighted by Gasteiger charge is -2.15. The van der Waals surface area contributed by atoms with Gasteiger partial charge >= 0.3 is 0 Å². The number of hydrogen-bond donors (Lipinski definition) is 4. The molecule has 3 rings (SSSR count). The van der Waals surface area contributed by atoms with Crippen LogP contribution < -0.4 is 0 Å². The van der Waals surface area contributed by atoms with Crippen molar-refractivity contribution in [2.75, 3.05) is 0 Å². The van der Waals surface area contributed by atoms with Crippen molar-refractivity contribution in [1.82, 2.24) is 0 Å². The van der Waals surface area contributed by atoms with E-state index >= 15 is 0 Å². The summed E-state index contributed by atoms with van der Waals surface area (Å²) in [6.45, 7) is 0. The zero-order valence-corrected chi connectivity index (χ0v) is 9.24. The molecule has 0 spiro atoms. The molecule has 96 valence electrons. The van der Waals surface area contributed by atoms with Gasteiger partial charge in [-0.25, -0.2) is 0 Å².